The molecule has 0 spiro atoms. The molecule has 10 heteroatoms. The molecule has 0 fully saturated rings. The maximum Gasteiger partial charge on any atom is 0.241 e. The summed E-state index contributed by atoms with van der Waals surface area (Å²) in [4.78, 5) is 33.7. The third-order valence-electron chi connectivity index (χ3n) is 4.54. The van der Waals surface area contributed by atoms with Crippen LogP contribution in [0.3, 0.4) is 0 Å². The second-order valence-corrected chi connectivity index (χ2v) is 8.13. The van der Waals surface area contributed by atoms with E-state index in [-0.39, 0.29) is 12.5 Å². The number of aliphatic imine (C=N–C) groups is 1. The first-order chi connectivity index (χ1) is 14.4. The summed E-state index contributed by atoms with van der Waals surface area (Å²) in [6, 6.07) is 10.5. The van der Waals surface area contributed by atoms with Gasteiger partial charge in [0.25, 0.3) is 0 Å². The number of ether oxygens (including phenoxy) is 1. The number of aromatic nitrogens is 1. The molecule has 8 nitrogen and oxygen atoms in total. The molecule has 0 saturated heterocycles. The van der Waals surface area contributed by atoms with Crippen LogP contribution in [0.2, 0.25) is 5.02 Å². The van der Waals surface area contributed by atoms with Gasteiger partial charge in [0.05, 0.1) is 23.9 Å². The van der Waals surface area contributed by atoms with Gasteiger partial charge >= 0.3 is 0 Å². The Morgan fingerprint density at radius 3 is 2.77 bits per heavy atom. The highest BCUT2D eigenvalue weighted by atomic mass is 35.5. The summed E-state index contributed by atoms with van der Waals surface area (Å²) < 4.78 is 6.02. The van der Waals surface area contributed by atoms with Crippen molar-refractivity contribution in [3.63, 3.8) is 0 Å². The van der Waals surface area contributed by atoms with Crippen LogP contribution in [-0.2, 0) is 9.59 Å². The van der Waals surface area contributed by atoms with Crippen molar-refractivity contribution in [1.29, 1.82) is 0 Å². The standard InChI is InChI=1S/C20H18ClN5O3S/c1-10-7-11(21)8-15-16(10)24-20(30-15)26-19-22-9-14(18(28)25-19)17(27)23-12-3-5-13(29-2)6-4-12/h3-8,14H,9H2,1-2H3,(H,23,27)(H2,22,24,25,26,28). The summed E-state index contributed by atoms with van der Waals surface area (Å²) in [5, 5.41) is 9.58. The first-order valence-corrected chi connectivity index (χ1v) is 10.3. The van der Waals surface area contributed by atoms with Gasteiger partial charge in [0.15, 0.2) is 5.13 Å². The van der Waals surface area contributed by atoms with Gasteiger partial charge in [0.1, 0.15) is 11.7 Å². The van der Waals surface area contributed by atoms with Gasteiger partial charge in [-0.05, 0) is 48.9 Å². The molecule has 1 aromatic heterocycles. The van der Waals surface area contributed by atoms with Crippen molar-refractivity contribution in [3.8, 4) is 5.75 Å². The molecule has 1 aliphatic rings. The van der Waals surface area contributed by atoms with E-state index >= 15 is 0 Å². The molecule has 3 aromatic rings. The van der Waals surface area contributed by atoms with E-state index in [0.29, 0.717) is 21.6 Å². The molecule has 2 heterocycles. The van der Waals surface area contributed by atoms with Crippen molar-refractivity contribution in [2.24, 2.45) is 10.9 Å². The number of amides is 2. The van der Waals surface area contributed by atoms with Gasteiger partial charge in [0, 0.05) is 10.7 Å². The number of methoxy groups -OCH3 is 1. The number of hydrogen-bond acceptors (Lipinski definition) is 7. The fraction of sp³-hybridized carbons (Fsp3) is 0.200. The number of fused-ring (bicyclic) bond motifs is 1. The van der Waals surface area contributed by atoms with Gasteiger partial charge in [-0.2, -0.15) is 0 Å². The van der Waals surface area contributed by atoms with Gasteiger partial charge in [-0.15, -0.1) is 0 Å². The lowest BCUT2D eigenvalue weighted by atomic mass is 10.1. The molecule has 0 bridgehead atoms. The summed E-state index contributed by atoms with van der Waals surface area (Å²) in [5.41, 5.74) is 2.38. The maximum atomic E-state index is 12.5. The minimum absolute atomic E-state index is 0.0336. The van der Waals surface area contributed by atoms with Gasteiger partial charge in [-0.3, -0.25) is 19.9 Å². The number of rotatable bonds is 4. The molecule has 0 saturated carbocycles. The summed E-state index contributed by atoms with van der Waals surface area (Å²) in [6.07, 6.45) is 0. The molecule has 0 radical (unpaired) electrons. The fourth-order valence-electron chi connectivity index (χ4n) is 2.99. The lowest BCUT2D eigenvalue weighted by Crippen LogP contribution is -2.48. The largest absolute Gasteiger partial charge is 0.497 e. The number of guanidine groups is 1. The summed E-state index contributed by atoms with van der Waals surface area (Å²) in [6.45, 7) is 1.97. The molecule has 2 amide bonds. The number of nitrogens with zero attached hydrogens (tertiary/aromatic N) is 2. The third-order valence-corrected chi connectivity index (χ3v) is 5.68. The number of aryl methyl sites for hydroxylation is 1. The predicted molar refractivity (Wildman–Crippen MR) is 119 cm³/mol. The second kappa shape index (κ2) is 8.29. The highest BCUT2D eigenvalue weighted by molar-refractivity contribution is 7.22. The molecule has 154 valence electrons. The Balaban J connectivity index is 1.43. The van der Waals surface area contributed by atoms with E-state index in [4.69, 9.17) is 16.3 Å². The number of nitrogens with one attached hydrogen (secondary N) is 3. The van der Waals surface area contributed by atoms with Gasteiger partial charge < -0.3 is 15.4 Å². The van der Waals surface area contributed by atoms with Crippen LogP contribution < -0.4 is 20.7 Å². The van der Waals surface area contributed by atoms with Crippen molar-refractivity contribution in [3.05, 3.63) is 47.0 Å². The quantitative estimate of drug-likeness (QED) is 0.536. The first-order valence-electron chi connectivity index (χ1n) is 9.07. The molecule has 30 heavy (non-hydrogen) atoms. The van der Waals surface area contributed by atoms with E-state index in [1.807, 2.05) is 19.1 Å². The van der Waals surface area contributed by atoms with Crippen molar-refractivity contribution < 1.29 is 14.3 Å². The average molecular weight is 444 g/mol. The number of benzene rings is 2. The Labute approximate surface area is 181 Å². The van der Waals surface area contributed by atoms with Crippen LogP contribution >= 0.6 is 22.9 Å². The highest BCUT2D eigenvalue weighted by Gasteiger charge is 2.31. The maximum absolute atomic E-state index is 12.5. The lowest BCUT2D eigenvalue weighted by molar-refractivity contribution is -0.131. The van der Waals surface area contributed by atoms with Gasteiger partial charge in [0.2, 0.25) is 17.8 Å². The van der Waals surface area contributed by atoms with E-state index in [0.717, 1.165) is 15.8 Å². The zero-order valence-corrected chi connectivity index (χ0v) is 17.7. The Kier molecular flexibility index (Phi) is 5.56. The molecule has 1 aliphatic heterocycles. The van der Waals surface area contributed by atoms with Crippen LogP contribution in [0.15, 0.2) is 41.4 Å². The lowest BCUT2D eigenvalue weighted by Gasteiger charge is -2.21. The van der Waals surface area contributed by atoms with Gasteiger partial charge in [-0.25, -0.2) is 4.98 Å². The smallest absolute Gasteiger partial charge is 0.241 e. The molecular weight excluding hydrogens is 426 g/mol. The summed E-state index contributed by atoms with van der Waals surface area (Å²) >= 11 is 7.50. The first kappa shape index (κ1) is 20.1. The number of carbonyl (C=O) groups is 2. The molecular formula is C20H18ClN5O3S. The van der Waals surface area contributed by atoms with Crippen molar-refractivity contribution >= 4 is 61.7 Å². The number of carbonyl (C=O) groups excluding carboxylic acids is 2. The Morgan fingerprint density at radius 1 is 1.30 bits per heavy atom. The van der Waals surface area contributed by atoms with E-state index < -0.39 is 17.7 Å². The monoisotopic (exact) mass is 443 g/mol. The van der Waals surface area contributed by atoms with E-state index in [1.165, 1.54) is 11.3 Å². The van der Waals surface area contributed by atoms with Gasteiger partial charge in [-0.1, -0.05) is 22.9 Å². The van der Waals surface area contributed by atoms with Crippen LogP contribution in [0.5, 0.6) is 5.75 Å². The van der Waals surface area contributed by atoms with Crippen LogP contribution in [0, 0.1) is 12.8 Å². The minimum atomic E-state index is -0.922. The topological polar surface area (TPSA) is 105 Å². The normalized spacial score (nSPS) is 16.0. The zero-order valence-electron chi connectivity index (χ0n) is 16.2. The summed E-state index contributed by atoms with van der Waals surface area (Å²) in [7, 11) is 1.56. The Bertz CT molecular complexity index is 1160. The van der Waals surface area contributed by atoms with E-state index in [9.17, 15) is 9.59 Å². The highest BCUT2D eigenvalue weighted by Crippen LogP contribution is 2.31. The van der Waals surface area contributed by atoms with Crippen LogP contribution in [0.4, 0.5) is 10.8 Å². The Hall–Kier alpha value is -3.17. The number of thiazole rings is 1. The van der Waals surface area contributed by atoms with Crippen LogP contribution in [-0.4, -0.2) is 36.4 Å². The molecule has 4 rings (SSSR count). The molecule has 3 N–H and O–H groups in total. The van der Waals surface area contributed by atoms with E-state index in [1.54, 1.807) is 31.4 Å². The number of halogens is 1. The second-order valence-electron chi connectivity index (χ2n) is 6.66. The molecule has 1 unspecified atom stereocenters. The number of hydrogen-bond donors (Lipinski definition) is 3. The third kappa shape index (κ3) is 4.22. The average Bonchev–Trinajstić information content (AvgIpc) is 3.11. The predicted octanol–water partition coefficient (Wildman–Crippen LogP) is 3.42. The van der Waals surface area contributed by atoms with Crippen LogP contribution in [0.25, 0.3) is 10.2 Å². The molecule has 1 atom stereocenters. The fourth-order valence-corrected chi connectivity index (χ4v) is 4.31. The van der Waals surface area contributed by atoms with Crippen molar-refractivity contribution in [2.45, 2.75) is 6.92 Å². The van der Waals surface area contributed by atoms with E-state index in [2.05, 4.69) is 25.9 Å². The molecule has 2 aromatic carbocycles. The SMILES string of the molecule is COc1ccc(NC(=O)C2CN=C(Nc3nc4c(C)cc(Cl)cc4s3)NC2=O)cc1. The zero-order chi connectivity index (χ0) is 21.3. The Morgan fingerprint density at radius 2 is 2.07 bits per heavy atom. The number of anilines is 2. The van der Waals surface area contributed by atoms with Crippen molar-refractivity contribution in [2.75, 3.05) is 24.3 Å². The minimum Gasteiger partial charge on any atom is -0.497 e. The van der Waals surface area contributed by atoms with Crippen LogP contribution in [0.1, 0.15) is 5.56 Å². The summed E-state index contributed by atoms with van der Waals surface area (Å²) in [5.74, 6) is -0.842. The molecule has 0 aliphatic carbocycles. The van der Waals surface area contributed by atoms with Crippen molar-refractivity contribution in [1.82, 2.24) is 10.3 Å².